The van der Waals surface area contributed by atoms with Gasteiger partial charge in [0, 0.05) is 19.6 Å². The number of hydrogen-bond donors (Lipinski definition) is 2. The highest BCUT2D eigenvalue weighted by Gasteiger charge is 2.10. The molecular formula is C24H25FN2O3. The van der Waals surface area contributed by atoms with Crippen molar-refractivity contribution in [1.82, 2.24) is 10.6 Å². The Hall–Kier alpha value is -3.38. The smallest absolute Gasteiger partial charge is 0.254 e. The molecule has 156 valence electrons. The number of amides is 1. The van der Waals surface area contributed by atoms with Gasteiger partial charge in [0.15, 0.2) is 11.5 Å². The number of ether oxygens (including phenoxy) is 2. The molecule has 0 atom stereocenters. The summed E-state index contributed by atoms with van der Waals surface area (Å²) in [6.45, 7) is 1.99. The largest absolute Gasteiger partial charge is 0.493 e. The molecule has 3 aromatic rings. The highest BCUT2D eigenvalue weighted by Crippen LogP contribution is 2.28. The van der Waals surface area contributed by atoms with E-state index in [0.29, 0.717) is 37.7 Å². The summed E-state index contributed by atoms with van der Waals surface area (Å²) in [5.74, 6) is 0.403. The van der Waals surface area contributed by atoms with Gasteiger partial charge in [-0.05, 0) is 35.4 Å². The summed E-state index contributed by atoms with van der Waals surface area (Å²) < 4.78 is 24.9. The summed E-state index contributed by atoms with van der Waals surface area (Å²) in [6.07, 6.45) is 0. The van der Waals surface area contributed by atoms with Crippen molar-refractivity contribution in [2.75, 3.05) is 20.2 Å². The second-order valence-electron chi connectivity index (χ2n) is 6.67. The number of halogens is 1. The SMILES string of the molecule is COc1ccc(CNCCNC(=O)c2ccccc2F)cc1OCc1ccccc1. The maximum absolute atomic E-state index is 13.6. The zero-order chi connectivity index (χ0) is 21.2. The Balaban J connectivity index is 1.47. The fourth-order valence-electron chi connectivity index (χ4n) is 2.92. The summed E-state index contributed by atoms with van der Waals surface area (Å²) >= 11 is 0. The molecular weight excluding hydrogens is 383 g/mol. The van der Waals surface area contributed by atoms with E-state index in [1.54, 1.807) is 19.2 Å². The van der Waals surface area contributed by atoms with Gasteiger partial charge in [0.05, 0.1) is 12.7 Å². The highest BCUT2D eigenvalue weighted by molar-refractivity contribution is 5.94. The zero-order valence-corrected chi connectivity index (χ0v) is 16.9. The van der Waals surface area contributed by atoms with Crippen LogP contribution in [0.15, 0.2) is 72.8 Å². The molecule has 0 bridgehead atoms. The van der Waals surface area contributed by atoms with Crippen molar-refractivity contribution in [1.29, 1.82) is 0 Å². The predicted molar refractivity (Wildman–Crippen MR) is 114 cm³/mol. The molecule has 0 radical (unpaired) electrons. The van der Waals surface area contributed by atoms with Gasteiger partial charge in [-0.2, -0.15) is 0 Å². The van der Waals surface area contributed by atoms with Gasteiger partial charge < -0.3 is 20.1 Å². The van der Waals surface area contributed by atoms with Crippen LogP contribution in [-0.4, -0.2) is 26.1 Å². The molecule has 3 aromatic carbocycles. The molecule has 0 unspecified atom stereocenters. The van der Waals surface area contributed by atoms with Crippen LogP contribution in [0.4, 0.5) is 4.39 Å². The van der Waals surface area contributed by atoms with Crippen LogP contribution in [-0.2, 0) is 13.2 Å². The van der Waals surface area contributed by atoms with E-state index < -0.39 is 11.7 Å². The summed E-state index contributed by atoms with van der Waals surface area (Å²) in [5, 5.41) is 5.96. The lowest BCUT2D eigenvalue weighted by molar-refractivity contribution is 0.0950. The quantitative estimate of drug-likeness (QED) is 0.499. The fraction of sp³-hybridized carbons (Fsp3) is 0.208. The van der Waals surface area contributed by atoms with Gasteiger partial charge in [0.25, 0.3) is 5.91 Å². The maximum Gasteiger partial charge on any atom is 0.254 e. The van der Waals surface area contributed by atoms with Crippen molar-refractivity contribution in [3.63, 3.8) is 0 Å². The van der Waals surface area contributed by atoms with Crippen LogP contribution >= 0.6 is 0 Å². The Morgan fingerprint density at radius 2 is 1.67 bits per heavy atom. The number of carbonyl (C=O) groups excluding carboxylic acids is 1. The molecule has 2 N–H and O–H groups in total. The molecule has 0 aromatic heterocycles. The van der Waals surface area contributed by atoms with E-state index in [9.17, 15) is 9.18 Å². The van der Waals surface area contributed by atoms with E-state index >= 15 is 0 Å². The summed E-state index contributed by atoms with van der Waals surface area (Å²) in [4.78, 5) is 12.0. The summed E-state index contributed by atoms with van der Waals surface area (Å²) in [5.41, 5.74) is 2.15. The van der Waals surface area contributed by atoms with E-state index in [2.05, 4.69) is 10.6 Å². The average molecular weight is 408 g/mol. The van der Waals surface area contributed by atoms with Crippen molar-refractivity contribution >= 4 is 5.91 Å². The lowest BCUT2D eigenvalue weighted by atomic mass is 10.2. The first-order valence-corrected chi connectivity index (χ1v) is 9.74. The predicted octanol–water partition coefficient (Wildman–Crippen LogP) is 3.93. The lowest BCUT2D eigenvalue weighted by Gasteiger charge is -2.13. The van der Waals surface area contributed by atoms with Crippen molar-refractivity contribution in [2.45, 2.75) is 13.2 Å². The third kappa shape index (κ3) is 6.06. The first-order chi connectivity index (χ1) is 14.7. The average Bonchev–Trinajstić information content (AvgIpc) is 2.78. The molecule has 6 heteroatoms. The molecule has 0 heterocycles. The third-order valence-electron chi connectivity index (χ3n) is 4.50. The van der Waals surface area contributed by atoms with Crippen molar-refractivity contribution in [2.24, 2.45) is 0 Å². The Morgan fingerprint density at radius 3 is 2.43 bits per heavy atom. The van der Waals surface area contributed by atoms with Crippen molar-refractivity contribution < 1.29 is 18.7 Å². The minimum Gasteiger partial charge on any atom is -0.493 e. The van der Waals surface area contributed by atoms with E-state index in [1.807, 2.05) is 48.5 Å². The molecule has 0 saturated carbocycles. The second-order valence-corrected chi connectivity index (χ2v) is 6.67. The van der Waals surface area contributed by atoms with Crippen LogP contribution in [0.5, 0.6) is 11.5 Å². The fourth-order valence-corrected chi connectivity index (χ4v) is 2.92. The minimum atomic E-state index is -0.524. The first-order valence-electron chi connectivity index (χ1n) is 9.74. The van der Waals surface area contributed by atoms with Crippen LogP contribution < -0.4 is 20.1 Å². The van der Waals surface area contributed by atoms with Crippen LogP contribution in [0.2, 0.25) is 0 Å². The second kappa shape index (κ2) is 11.0. The minimum absolute atomic E-state index is 0.0489. The Kier molecular flexibility index (Phi) is 7.80. The molecule has 0 fully saturated rings. The molecule has 5 nitrogen and oxygen atoms in total. The van der Waals surface area contributed by atoms with E-state index in [4.69, 9.17) is 9.47 Å². The third-order valence-corrected chi connectivity index (χ3v) is 4.50. The van der Waals surface area contributed by atoms with Gasteiger partial charge in [-0.25, -0.2) is 4.39 Å². The molecule has 1 amide bonds. The zero-order valence-electron chi connectivity index (χ0n) is 16.9. The van der Waals surface area contributed by atoms with E-state index in [1.165, 1.54) is 12.1 Å². The molecule has 0 aliphatic carbocycles. The molecule has 30 heavy (non-hydrogen) atoms. The van der Waals surface area contributed by atoms with Crippen molar-refractivity contribution in [3.05, 3.63) is 95.3 Å². The van der Waals surface area contributed by atoms with E-state index in [-0.39, 0.29) is 5.56 Å². The van der Waals surface area contributed by atoms with E-state index in [0.717, 1.165) is 11.1 Å². The summed E-state index contributed by atoms with van der Waals surface area (Å²) in [7, 11) is 1.61. The van der Waals surface area contributed by atoms with Gasteiger partial charge in [0.1, 0.15) is 12.4 Å². The monoisotopic (exact) mass is 408 g/mol. The number of nitrogens with one attached hydrogen (secondary N) is 2. The highest BCUT2D eigenvalue weighted by atomic mass is 19.1. The number of methoxy groups -OCH3 is 1. The van der Waals surface area contributed by atoms with Gasteiger partial charge in [-0.1, -0.05) is 48.5 Å². The molecule has 0 saturated heterocycles. The number of carbonyl (C=O) groups is 1. The van der Waals surface area contributed by atoms with Crippen molar-refractivity contribution in [3.8, 4) is 11.5 Å². The van der Waals surface area contributed by atoms with Crippen LogP contribution in [0.1, 0.15) is 21.5 Å². The Bertz CT molecular complexity index is 964. The maximum atomic E-state index is 13.6. The van der Waals surface area contributed by atoms with Gasteiger partial charge >= 0.3 is 0 Å². The normalized spacial score (nSPS) is 10.5. The number of rotatable bonds is 10. The molecule has 0 spiro atoms. The van der Waals surface area contributed by atoms with Gasteiger partial charge in [-0.3, -0.25) is 4.79 Å². The Labute approximate surface area is 175 Å². The van der Waals surface area contributed by atoms with Crippen LogP contribution in [0.25, 0.3) is 0 Å². The number of hydrogen-bond acceptors (Lipinski definition) is 4. The summed E-state index contributed by atoms with van der Waals surface area (Å²) in [6, 6.07) is 21.6. The molecule has 3 rings (SSSR count). The van der Waals surface area contributed by atoms with Crippen LogP contribution in [0.3, 0.4) is 0 Å². The topological polar surface area (TPSA) is 59.6 Å². The Morgan fingerprint density at radius 1 is 0.900 bits per heavy atom. The molecule has 0 aliphatic rings. The van der Waals surface area contributed by atoms with Gasteiger partial charge in [0.2, 0.25) is 0 Å². The van der Waals surface area contributed by atoms with Crippen LogP contribution in [0, 0.1) is 5.82 Å². The lowest BCUT2D eigenvalue weighted by Crippen LogP contribution is -2.32. The number of benzene rings is 3. The molecule has 0 aliphatic heterocycles. The standard InChI is InChI=1S/C24H25FN2O3/c1-29-22-12-11-19(15-23(22)30-17-18-7-3-2-4-8-18)16-26-13-14-27-24(28)20-9-5-6-10-21(20)25/h2-12,15,26H,13-14,16-17H2,1H3,(H,27,28). The van der Waals surface area contributed by atoms with Gasteiger partial charge in [-0.15, -0.1) is 0 Å². The first kappa shape index (κ1) is 21.3.